The van der Waals surface area contributed by atoms with Crippen LogP contribution in [0.1, 0.15) is 107 Å². The van der Waals surface area contributed by atoms with Gasteiger partial charge in [0.15, 0.2) is 0 Å². The molecule has 0 aliphatic heterocycles. The highest BCUT2D eigenvalue weighted by molar-refractivity contribution is 5.70. The van der Waals surface area contributed by atoms with Crippen molar-refractivity contribution in [1.29, 1.82) is 0 Å². The van der Waals surface area contributed by atoms with Gasteiger partial charge in [-0.15, -0.1) is 5.10 Å². The second kappa shape index (κ2) is 8.12. The number of nitrogens with zero attached hydrogens (tertiary/aromatic N) is 2. The lowest BCUT2D eigenvalue weighted by molar-refractivity contribution is -0.0503. The molecule has 0 atom stereocenters. The summed E-state index contributed by atoms with van der Waals surface area (Å²) in [6.07, 6.45) is 20.0. The normalized spacial score (nSPS) is 34.9. The number of carbonyl (C=O) groups is 1. The van der Waals surface area contributed by atoms with Gasteiger partial charge in [0.05, 0.1) is 6.04 Å². The molecule has 6 aliphatic carbocycles. The third-order valence-electron chi connectivity index (χ3n) is 9.30. The average molecular weight is 426 g/mol. The minimum Gasteiger partial charge on any atom is -0.389 e. The van der Waals surface area contributed by atoms with Crippen LogP contribution in [-0.4, -0.2) is 22.4 Å². The number of hydrogen-bond acceptors (Lipinski definition) is 3. The van der Waals surface area contributed by atoms with Gasteiger partial charge in [-0.3, -0.25) is 4.68 Å². The Bertz CT molecular complexity index is 788. The Labute approximate surface area is 186 Å². The fourth-order valence-electron chi connectivity index (χ4n) is 8.37. The van der Waals surface area contributed by atoms with Gasteiger partial charge < -0.3 is 10.1 Å². The fraction of sp³-hybridized carbons (Fsp3) is 0.846. The predicted molar refractivity (Wildman–Crippen MR) is 120 cm³/mol. The van der Waals surface area contributed by atoms with Crippen molar-refractivity contribution in [3.05, 3.63) is 11.3 Å². The largest absolute Gasteiger partial charge is 0.414 e. The van der Waals surface area contributed by atoms with E-state index in [4.69, 9.17) is 9.84 Å². The van der Waals surface area contributed by atoms with Crippen molar-refractivity contribution < 1.29 is 9.53 Å². The molecule has 31 heavy (non-hydrogen) atoms. The maximum absolute atomic E-state index is 12.9. The van der Waals surface area contributed by atoms with Crippen LogP contribution < -0.4 is 10.1 Å². The van der Waals surface area contributed by atoms with Crippen molar-refractivity contribution in [2.24, 2.45) is 23.2 Å². The second-order valence-electron chi connectivity index (χ2n) is 11.7. The first kappa shape index (κ1) is 20.1. The number of rotatable bonds is 4. The number of amides is 1. The van der Waals surface area contributed by atoms with E-state index in [0.29, 0.717) is 17.3 Å². The van der Waals surface area contributed by atoms with Crippen LogP contribution in [0.3, 0.4) is 0 Å². The smallest absolute Gasteiger partial charge is 0.389 e. The van der Waals surface area contributed by atoms with Crippen LogP contribution in [0.4, 0.5) is 4.79 Å². The Kier molecular flexibility index (Phi) is 5.27. The summed E-state index contributed by atoms with van der Waals surface area (Å²) in [6.45, 7) is 0.793. The molecule has 7 rings (SSSR count). The van der Waals surface area contributed by atoms with E-state index in [-0.39, 0.29) is 6.09 Å². The van der Waals surface area contributed by atoms with Gasteiger partial charge in [0.25, 0.3) is 0 Å². The third-order valence-corrected chi connectivity index (χ3v) is 9.30. The molecule has 4 bridgehead atoms. The van der Waals surface area contributed by atoms with Gasteiger partial charge in [0.1, 0.15) is 0 Å². The van der Waals surface area contributed by atoms with E-state index < -0.39 is 0 Å². The summed E-state index contributed by atoms with van der Waals surface area (Å²) < 4.78 is 8.19. The van der Waals surface area contributed by atoms with E-state index in [1.54, 1.807) is 0 Å². The number of hydrogen-bond donors (Lipinski definition) is 1. The summed E-state index contributed by atoms with van der Waals surface area (Å²) in [5, 5.41) is 8.10. The SMILES string of the molecule is O=C(NCC12CC3CC(CC(C3)C1)C2)Oc1nn(C2CCCC2)c2c1CCCCCC2. The molecule has 6 aliphatic rings. The van der Waals surface area contributed by atoms with E-state index in [2.05, 4.69) is 10.00 Å². The maximum Gasteiger partial charge on any atom is 0.414 e. The van der Waals surface area contributed by atoms with E-state index in [0.717, 1.165) is 37.1 Å². The average Bonchev–Trinajstić information content (AvgIpc) is 3.34. The first-order valence-corrected chi connectivity index (χ1v) is 13.2. The van der Waals surface area contributed by atoms with Gasteiger partial charge >= 0.3 is 6.09 Å². The van der Waals surface area contributed by atoms with Crippen molar-refractivity contribution in [3.8, 4) is 5.88 Å². The highest BCUT2D eigenvalue weighted by atomic mass is 16.6. The van der Waals surface area contributed by atoms with Gasteiger partial charge in [-0.2, -0.15) is 0 Å². The van der Waals surface area contributed by atoms with Gasteiger partial charge in [0.2, 0.25) is 5.88 Å². The zero-order valence-electron chi connectivity index (χ0n) is 19.0. The lowest BCUT2D eigenvalue weighted by Gasteiger charge is -2.56. The molecule has 0 unspecified atom stereocenters. The number of ether oxygens (including phenoxy) is 1. The minimum absolute atomic E-state index is 0.281. The van der Waals surface area contributed by atoms with Crippen LogP contribution in [0.2, 0.25) is 0 Å². The van der Waals surface area contributed by atoms with E-state index in [1.165, 1.54) is 101 Å². The number of fused-ring (bicyclic) bond motifs is 1. The Morgan fingerprint density at radius 2 is 1.58 bits per heavy atom. The number of aromatic nitrogens is 2. The summed E-state index contributed by atoms with van der Waals surface area (Å²) in [5.74, 6) is 3.33. The topological polar surface area (TPSA) is 56.1 Å². The monoisotopic (exact) mass is 425 g/mol. The molecule has 1 aromatic heterocycles. The number of carbonyl (C=O) groups excluding carboxylic acids is 1. The van der Waals surface area contributed by atoms with Crippen molar-refractivity contribution in [3.63, 3.8) is 0 Å². The van der Waals surface area contributed by atoms with Crippen LogP contribution >= 0.6 is 0 Å². The van der Waals surface area contributed by atoms with Gasteiger partial charge in [-0.25, -0.2) is 4.79 Å². The van der Waals surface area contributed by atoms with E-state index >= 15 is 0 Å². The quantitative estimate of drug-likeness (QED) is 0.647. The zero-order valence-corrected chi connectivity index (χ0v) is 19.0. The van der Waals surface area contributed by atoms with E-state index in [9.17, 15) is 4.79 Å². The predicted octanol–water partition coefficient (Wildman–Crippen LogP) is 5.96. The van der Waals surface area contributed by atoms with Crippen molar-refractivity contribution in [1.82, 2.24) is 15.1 Å². The van der Waals surface area contributed by atoms with Crippen LogP contribution in [-0.2, 0) is 12.8 Å². The Hall–Kier alpha value is -1.52. The number of nitrogens with one attached hydrogen (secondary N) is 1. The van der Waals surface area contributed by atoms with Crippen LogP contribution in [0.5, 0.6) is 5.88 Å². The molecule has 170 valence electrons. The molecule has 5 fully saturated rings. The lowest BCUT2D eigenvalue weighted by Crippen LogP contribution is -2.51. The van der Waals surface area contributed by atoms with Crippen molar-refractivity contribution in [2.45, 2.75) is 109 Å². The molecule has 1 amide bonds. The molecular weight excluding hydrogens is 386 g/mol. The van der Waals surface area contributed by atoms with Gasteiger partial charge in [0, 0.05) is 17.8 Å². The summed E-state index contributed by atoms with van der Waals surface area (Å²) >= 11 is 0. The first-order chi connectivity index (χ1) is 15.2. The van der Waals surface area contributed by atoms with Crippen molar-refractivity contribution in [2.75, 3.05) is 6.54 Å². The molecule has 5 nitrogen and oxygen atoms in total. The van der Waals surface area contributed by atoms with Crippen molar-refractivity contribution >= 4 is 6.09 Å². The highest BCUT2D eigenvalue weighted by Crippen LogP contribution is 2.59. The molecule has 5 heteroatoms. The second-order valence-corrected chi connectivity index (χ2v) is 11.7. The summed E-state index contributed by atoms with van der Waals surface area (Å²) in [5.41, 5.74) is 2.92. The molecule has 1 aromatic rings. The fourth-order valence-corrected chi connectivity index (χ4v) is 8.37. The Morgan fingerprint density at radius 3 is 2.26 bits per heavy atom. The standard InChI is InChI=1S/C26H39N3O2/c30-25(27-17-26-14-18-11-19(15-26)13-20(12-18)16-26)31-24-22-9-3-1-2-4-10-23(22)29(28-24)21-7-5-6-8-21/h18-21H,1-17H2,(H,27,30). The summed E-state index contributed by atoms with van der Waals surface area (Å²) in [6, 6.07) is 0.501. The van der Waals surface area contributed by atoms with Crippen LogP contribution in [0.25, 0.3) is 0 Å². The third kappa shape index (κ3) is 3.91. The summed E-state index contributed by atoms with van der Waals surface area (Å²) in [4.78, 5) is 12.9. The summed E-state index contributed by atoms with van der Waals surface area (Å²) in [7, 11) is 0. The Balaban J connectivity index is 1.16. The zero-order chi connectivity index (χ0) is 20.8. The molecular formula is C26H39N3O2. The maximum atomic E-state index is 12.9. The van der Waals surface area contributed by atoms with Crippen LogP contribution in [0.15, 0.2) is 0 Å². The molecule has 0 radical (unpaired) electrons. The van der Waals surface area contributed by atoms with Gasteiger partial charge in [-0.05, 0) is 100 Å². The molecule has 0 aromatic carbocycles. The van der Waals surface area contributed by atoms with Gasteiger partial charge in [-0.1, -0.05) is 25.7 Å². The lowest BCUT2D eigenvalue weighted by atomic mass is 9.49. The molecule has 1 N–H and O–H groups in total. The molecule has 5 saturated carbocycles. The minimum atomic E-state index is -0.281. The Morgan fingerprint density at radius 1 is 0.935 bits per heavy atom. The molecule has 1 heterocycles. The van der Waals surface area contributed by atoms with E-state index in [1.807, 2.05) is 0 Å². The highest BCUT2D eigenvalue weighted by Gasteiger charge is 2.50. The van der Waals surface area contributed by atoms with Crippen LogP contribution in [0, 0.1) is 23.2 Å². The first-order valence-electron chi connectivity index (χ1n) is 13.2. The molecule has 0 spiro atoms. The molecule has 0 saturated heterocycles.